The molecule has 0 aliphatic carbocycles. The molecular formula is C18H17Cl2N3O7S. The summed E-state index contributed by atoms with van der Waals surface area (Å²) < 4.78 is 4.89. The molecule has 1 heterocycles. The highest BCUT2D eigenvalue weighted by Gasteiger charge is 2.24. The van der Waals surface area contributed by atoms with E-state index < -0.39 is 35.3 Å². The number of carbonyl (C=O) groups excluding carboxylic acids is 3. The Kier molecular flexibility index (Phi) is 8.60. The Morgan fingerprint density at radius 1 is 1.29 bits per heavy atom. The molecule has 0 saturated carbocycles. The summed E-state index contributed by atoms with van der Waals surface area (Å²) >= 11 is 12.6. The lowest BCUT2D eigenvalue weighted by Gasteiger charge is -2.20. The van der Waals surface area contributed by atoms with Gasteiger partial charge in [-0.3, -0.25) is 24.5 Å². The Labute approximate surface area is 190 Å². The molecular weight excluding hydrogens is 473 g/mol. The van der Waals surface area contributed by atoms with Crippen molar-refractivity contribution in [1.29, 1.82) is 0 Å². The minimum atomic E-state index is -1.04. The molecule has 2 rings (SSSR count). The number of halogens is 2. The molecule has 0 aliphatic heterocycles. The molecule has 166 valence electrons. The molecule has 0 spiro atoms. The van der Waals surface area contributed by atoms with E-state index in [1.807, 2.05) is 0 Å². The number of nitrogens with one attached hydrogen (secondary N) is 2. The van der Waals surface area contributed by atoms with Gasteiger partial charge in [0.25, 0.3) is 5.91 Å². The van der Waals surface area contributed by atoms with Gasteiger partial charge in [-0.2, -0.15) is 0 Å². The number of phenols is 1. The second-order valence-corrected chi connectivity index (χ2v) is 7.94. The summed E-state index contributed by atoms with van der Waals surface area (Å²) in [5, 5.41) is 25.7. The summed E-state index contributed by atoms with van der Waals surface area (Å²) in [6.45, 7) is 1.24. The number of thiophene rings is 1. The van der Waals surface area contributed by atoms with E-state index in [1.165, 1.54) is 24.3 Å². The first-order valence-corrected chi connectivity index (χ1v) is 10.3. The summed E-state index contributed by atoms with van der Waals surface area (Å²) in [7, 11) is 0. The molecule has 0 fully saturated rings. The second kappa shape index (κ2) is 10.9. The fourth-order valence-electron chi connectivity index (χ4n) is 2.52. The van der Waals surface area contributed by atoms with Crippen LogP contribution in [0.3, 0.4) is 0 Å². The minimum absolute atomic E-state index is 0.0573. The lowest BCUT2D eigenvalue weighted by atomic mass is 10.0. The van der Waals surface area contributed by atoms with E-state index in [4.69, 9.17) is 27.9 Å². The third-order valence-electron chi connectivity index (χ3n) is 3.85. The van der Waals surface area contributed by atoms with Crippen molar-refractivity contribution in [2.75, 3.05) is 13.2 Å². The number of carbonyl (C=O) groups is 3. The molecule has 13 heteroatoms. The Balaban J connectivity index is 2.10. The van der Waals surface area contributed by atoms with E-state index in [9.17, 15) is 29.6 Å². The molecule has 3 N–H and O–H groups in total. The molecule has 0 aliphatic rings. The Morgan fingerprint density at radius 2 is 2.00 bits per heavy atom. The predicted molar refractivity (Wildman–Crippen MR) is 114 cm³/mol. The molecule has 31 heavy (non-hydrogen) atoms. The molecule has 0 radical (unpaired) electrons. The normalized spacial score (nSPS) is 11.5. The van der Waals surface area contributed by atoms with Crippen LogP contribution in [-0.4, -0.2) is 41.0 Å². The number of amides is 2. The van der Waals surface area contributed by atoms with Gasteiger partial charge in [0.1, 0.15) is 5.75 Å². The summed E-state index contributed by atoms with van der Waals surface area (Å²) in [5.41, 5.74) is 0.0964. The number of ether oxygens (including phenoxy) is 1. The van der Waals surface area contributed by atoms with Crippen molar-refractivity contribution in [1.82, 2.24) is 10.6 Å². The topological polar surface area (TPSA) is 148 Å². The van der Waals surface area contributed by atoms with Crippen molar-refractivity contribution in [2.45, 2.75) is 19.4 Å². The number of nitrogens with zero attached hydrogens (tertiary/aromatic N) is 1. The number of benzene rings is 1. The van der Waals surface area contributed by atoms with E-state index in [0.29, 0.717) is 11.3 Å². The van der Waals surface area contributed by atoms with Crippen LogP contribution < -0.4 is 10.6 Å². The zero-order valence-corrected chi connectivity index (χ0v) is 18.3. The number of aromatic hydroxyl groups is 1. The highest BCUT2D eigenvalue weighted by atomic mass is 35.5. The smallest absolute Gasteiger partial charge is 0.324 e. The molecule has 2 aromatic rings. The minimum Gasteiger partial charge on any atom is -0.506 e. The molecule has 1 atom stereocenters. The average molecular weight is 490 g/mol. The third-order valence-corrected chi connectivity index (χ3v) is 5.39. The van der Waals surface area contributed by atoms with Crippen molar-refractivity contribution in [3.05, 3.63) is 54.9 Å². The second-order valence-electron chi connectivity index (χ2n) is 6.03. The number of rotatable bonds is 9. The van der Waals surface area contributed by atoms with Crippen LogP contribution >= 0.6 is 34.5 Å². The molecule has 0 saturated heterocycles. The summed E-state index contributed by atoms with van der Waals surface area (Å²) in [5.74, 6) is -2.37. The quantitative estimate of drug-likeness (QED) is 0.278. The monoisotopic (exact) mass is 489 g/mol. The summed E-state index contributed by atoms with van der Waals surface area (Å²) in [6, 6.07) is 4.05. The number of hydrogen-bond acceptors (Lipinski definition) is 8. The number of phenolic OH excluding ortho intramolecular Hbond substituents is 1. The van der Waals surface area contributed by atoms with Gasteiger partial charge in [0.05, 0.1) is 40.4 Å². The van der Waals surface area contributed by atoms with Crippen LogP contribution in [0.1, 0.15) is 34.6 Å². The van der Waals surface area contributed by atoms with Gasteiger partial charge in [-0.1, -0.05) is 34.5 Å². The fourth-order valence-corrected chi connectivity index (χ4v) is 3.76. The van der Waals surface area contributed by atoms with E-state index in [0.717, 1.165) is 0 Å². The zero-order chi connectivity index (χ0) is 23.1. The van der Waals surface area contributed by atoms with Crippen LogP contribution in [0.2, 0.25) is 10.0 Å². The largest absolute Gasteiger partial charge is 0.506 e. The molecule has 2 amide bonds. The van der Waals surface area contributed by atoms with Crippen molar-refractivity contribution in [2.24, 2.45) is 0 Å². The van der Waals surface area contributed by atoms with E-state index in [2.05, 4.69) is 10.6 Å². The van der Waals surface area contributed by atoms with Crippen molar-refractivity contribution in [3.8, 4) is 5.75 Å². The maximum atomic E-state index is 12.4. The molecule has 0 bridgehead atoms. The summed E-state index contributed by atoms with van der Waals surface area (Å²) in [4.78, 5) is 46.6. The van der Waals surface area contributed by atoms with Crippen LogP contribution in [0.4, 0.5) is 5.00 Å². The first kappa shape index (κ1) is 24.4. The van der Waals surface area contributed by atoms with Crippen LogP contribution in [0, 0.1) is 10.1 Å². The van der Waals surface area contributed by atoms with Crippen LogP contribution in [0.5, 0.6) is 5.75 Å². The van der Waals surface area contributed by atoms with E-state index in [1.54, 1.807) is 6.92 Å². The van der Waals surface area contributed by atoms with E-state index in [-0.39, 0.29) is 44.3 Å². The van der Waals surface area contributed by atoms with Gasteiger partial charge in [-0.25, -0.2) is 0 Å². The number of hydrogen-bond donors (Lipinski definition) is 3. The molecule has 1 aromatic carbocycles. The maximum Gasteiger partial charge on any atom is 0.324 e. The van der Waals surface area contributed by atoms with Gasteiger partial charge in [0, 0.05) is 16.7 Å². The van der Waals surface area contributed by atoms with Gasteiger partial charge in [0.2, 0.25) is 5.91 Å². The van der Waals surface area contributed by atoms with Crippen molar-refractivity contribution >= 4 is 57.3 Å². The van der Waals surface area contributed by atoms with Gasteiger partial charge >= 0.3 is 11.0 Å². The predicted octanol–water partition coefficient (Wildman–Crippen LogP) is 3.21. The van der Waals surface area contributed by atoms with Crippen molar-refractivity contribution in [3.63, 3.8) is 0 Å². The number of esters is 1. The molecule has 1 aromatic heterocycles. The van der Waals surface area contributed by atoms with Crippen LogP contribution in [-0.2, 0) is 14.3 Å². The Hall–Kier alpha value is -2.89. The lowest BCUT2D eigenvalue weighted by molar-refractivity contribution is -0.380. The Morgan fingerprint density at radius 3 is 2.61 bits per heavy atom. The highest BCUT2D eigenvalue weighted by Crippen LogP contribution is 2.36. The standard InChI is InChI=1S/C18H17Cl2N3O7S/c1-2-30-16(25)7-12(10-5-9(19)6-11(20)17(10)26)22-14(24)8-21-18(27)13-3-4-15(31-13)23(28)29/h3-6,12,26H,2,7-8H2,1H3,(H,21,27)(H,22,24). The average Bonchev–Trinajstić information content (AvgIpc) is 3.19. The van der Waals surface area contributed by atoms with Gasteiger partial charge in [-0.05, 0) is 25.1 Å². The SMILES string of the molecule is CCOC(=O)CC(NC(=O)CNC(=O)c1ccc([N+](=O)[O-])s1)c1cc(Cl)cc(Cl)c1O. The van der Waals surface area contributed by atoms with E-state index >= 15 is 0 Å². The van der Waals surface area contributed by atoms with Crippen LogP contribution in [0.25, 0.3) is 0 Å². The van der Waals surface area contributed by atoms with Crippen molar-refractivity contribution < 1.29 is 29.2 Å². The van der Waals surface area contributed by atoms with Gasteiger partial charge in [0.15, 0.2) is 0 Å². The molecule has 1 unspecified atom stereocenters. The first-order chi connectivity index (χ1) is 14.6. The Bertz CT molecular complexity index is 1010. The lowest BCUT2D eigenvalue weighted by Crippen LogP contribution is -2.39. The highest BCUT2D eigenvalue weighted by molar-refractivity contribution is 7.17. The van der Waals surface area contributed by atoms with Gasteiger partial charge < -0.3 is 20.5 Å². The first-order valence-electron chi connectivity index (χ1n) is 8.77. The molecule has 10 nitrogen and oxygen atoms in total. The maximum absolute atomic E-state index is 12.4. The fraction of sp³-hybridized carbons (Fsp3) is 0.278. The summed E-state index contributed by atoms with van der Waals surface area (Å²) in [6.07, 6.45) is -0.325. The number of nitro groups is 1. The third kappa shape index (κ3) is 6.81. The van der Waals surface area contributed by atoms with Crippen LogP contribution in [0.15, 0.2) is 24.3 Å². The zero-order valence-electron chi connectivity index (χ0n) is 16.0. The van der Waals surface area contributed by atoms with Gasteiger partial charge in [-0.15, -0.1) is 0 Å².